The molecule has 0 saturated heterocycles. The van der Waals surface area contributed by atoms with Crippen molar-refractivity contribution >= 4 is 5.69 Å². The number of aromatic hydroxyl groups is 1. The molecule has 0 aliphatic heterocycles. The van der Waals surface area contributed by atoms with Crippen LogP contribution in [0.5, 0.6) is 5.75 Å². The van der Waals surface area contributed by atoms with E-state index >= 15 is 0 Å². The van der Waals surface area contributed by atoms with Crippen molar-refractivity contribution in [2.24, 2.45) is 0 Å². The standard InChI is InChI=1S/C15H17FN2O2/c1-2-7-18-10-13(4-6-15(18)20)17-9-11-8-12(16)3-5-14(11)19/h3-6,8,10,17,19H,2,7,9H2,1H3. The monoisotopic (exact) mass is 276 g/mol. The van der Waals surface area contributed by atoms with E-state index < -0.39 is 5.82 Å². The van der Waals surface area contributed by atoms with E-state index in [1.54, 1.807) is 16.8 Å². The maximum Gasteiger partial charge on any atom is 0.250 e. The Balaban J connectivity index is 2.12. The summed E-state index contributed by atoms with van der Waals surface area (Å²) >= 11 is 0. The van der Waals surface area contributed by atoms with Crippen molar-refractivity contribution in [3.63, 3.8) is 0 Å². The Kier molecular flexibility index (Phi) is 4.40. The highest BCUT2D eigenvalue weighted by Gasteiger charge is 2.04. The number of halogens is 1. The van der Waals surface area contributed by atoms with Crippen LogP contribution in [0.15, 0.2) is 41.3 Å². The number of phenolic OH excluding ortho intramolecular Hbond substituents is 1. The van der Waals surface area contributed by atoms with Gasteiger partial charge in [0.25, 0.3) is 5.56 Å². The fraction of sp³-hybridized carbons (Fsp3) is 0.267. The van der Waals surface area contributed by atoms with Gasteiger partial charge >= 0.3 is 0 Å². The summed E-state index contributed by atoms with van der Waals surface area (Å²) in [6.45, 7) is 2.94. The highest BCUT2D eigenvalue weighted by atomic mass is 19.1. The molecule has 0 unspecified atom stereocenters. The van der Waals surface area contributed by atoms with Gasteiger partial charge < -0.3 is 15.0 Å². The number of rotatable bonds is 5. The first-order valence-electron chi connectivity index (χ1n) is 6.52. The van der Waals surface area contributed by atoms with E-state index in [9.17, 15) is 14.3 Å². The van der Waals surface area contributed by atoms with Crippen LogP contribution in [0.2, 0.25) is 0 Å². The fourth-order valence-corrected chi connectivity index (χ4v) is 1.94. The fourth-order valence-electron chi connectivity index (χ4n) is 1.94. The van der Waals surface area contributed by atoms with E-state index in [1.807, 2.05) is 6.92 Å². The number of pyridine rings is 1. The Morgan fingerprint density at radius 2 is 2.10 bits per heavy atom. The van der Waals surface area contributed by atoms with Crippen LogP contribution in [-0.2, 0) is 13.1 Å². The molecule has 0 spiro atoms. The molecule has 20 heavy (non-hydrogen) atoms. The molecule has 0 saturated carbocycles. The number of nitrogens with one attached hydrogen (secondary N) is 1. The zero-order valence-corrected chi connectivity index (χ0v) is 11.3. The molecular weight excluding hydrogens is 259 g/mol. The third-order valence-electron chi connectivity index (χ3n) is 2.97. The van der Waals surface area contributed by atoms with Crippen molar-refractivity contribution in [2.75, 3.05) is 5.32 Å². The number of benzene rings is 1. The van der Waals surface area contributed by atoms with Crippen LogP contribution in [0.4, 0.5) is 10.1 Å². The Hall–Kier alpha value is -2.30. The molecule has 1 aromatic heterocycles. The van der Waals surface area contributed by atoms with E-state index in [1.165, 1.54) is 24.3 Å². The molecule has 0 aliphatic carbocycles. The summed E-state index contributed by atoms with van der Waals surface area (Å²) in [5.41, 5.74) is 1.17. The zero-order valence-electron chi connectivity index (χ0n) is 11.3. The second-order valence-electron chi connectivity index (χ2n) is 4.58. The molecule has 0 aliphatic rings. The summed E-state index contributed by atoms with van der Waals surface area (Å²) in [6, 6.07) is 6.98. The summed E-state index contributed by atoms with van der Waals surface area (Å²) in [5, 5.41) is 12.7. The van der Waals surface area contributed by atoms with E-state index in [-0.39, 0.29) is 17.9 Å². The lowest BCUT2D eigenvalue weighted by Gasteiger charge is -2.10. The van der Waals surface area contributed by atoms with Gasteiger partial charge in [-0.3, -0.25) is 4.79 Å². The number of nitrogens with zero attached hydrogens (tertiary/aromatic N) is 1. The highest BCUT2D eigenvalue weighted by Crippen LogP contribution is 2.19. The molecule has 2 N–H and O–H groups in total. The molecule has 4 nitrogen and oxygen atoms in total. The van der Waals surface area contributed by atoms with Gasteiger partial charge in [0.05, 0.1) is 5.69 Å². The lowest BCUT2D eigenvalue weighted by atomic mass is 10.2. The van der Waals surface area contributed by atoms with Crippen LogP contribution in [0.1, 0.15) is 18.9 Å². The molecule has 2 aromatic rings. The van der Waals surface area contributed by atoms with Gasteiger partial charge in [0, 0.05) is 30.9 Å². The smallest absolute Gasteiger partial charge is 0.250 e. The molecule has 0 bridgehead atoms. The molecule has 106 valence electrons. The Labute approximate surface area is 116 Å². The van der Waals surface area contributed by atoms with Gasteiger partial charge in [0.2, 0.25) is 0 Å². The van der Waals surface area contributed by atoms with Crippen molar-refractivity contribution in [1.82, 2.24) is 4.57 Å². The first-order valence-corrected chi connectivity index (χ1v) is 6.52. The minimum atomic E-state index is -0.393. The lowest BCUT2D eigenvalue weighted by molar-refractivity contribution is 0.466. The van der Waals surface area contributed by atoms with Gasteiger partial charge in [0.1, 0.15) is 11.6 Å². The van der Waals surface area contributed by atoms with Crippen molar-refractivity contribution in [3.05, 3.63) is 58.3 Å². The SMILES string of the molecule is CCCn1cc(NCc2cc(F)ccc2O)ccc1=O. The van der Waals surface area contributed by atoms with Crippen molar-refractivity contribution in [1.29, 1.82) is 0 Å². The number of aromatic nitrogens is 1. The van der Waals surface area contributed by atoms with E-state index in [2.05, 4.69) is 5.32 Å². The number of hydrogen-bond acceptors (Lipinski definition) is 3. The molecule has 0 atom stereocenters. The molecular formula is C15H17FN2O2. The summed E-state index contributed by atoms with van der Waals surface area (Å²) in [5.74, 6) is -0.351. The topological polar surface area (TPSA) is 54.3 Å². The van der Waals surface area contributed by atoms with Gasteiger partial charge in [-0.2, -0.15) is 0 Å². The first kappa shape index (κ1) is 14.1. The predicted octanol–water partition coefficient (Wildman–Crippen LogP) is 2.72. The zero-order chi connectivity index (χ0) is 14.5. The number of anilines is 1. The molecule has 1 aromatic carbocycles. The predicted molar refractivity (Wildman–Crippen MR) is 76.4 cm³/mol. The Morgan fingerprint density at radius 3 is 2.85 bits per heavy atom. The molecule has 2 rings (SSSR count). The van der Waals surface area contributed by atoms with Gasteiger partial charge in [0.15, 0.2) is 0 Å². The van der Waals surface area contributed by atoms with Gasteiger partial charge in [-0.1, -0.05) is 6.92 Å². The summed E-state index contributed by atoms with van der Waals surface area (Å²) in [6.07, 6.45) is 2.59. The van der Waals surface area contributed by atoms with Crippen LogP contribution < -0.4 is 10.9 Å². The molecule has 1 heterocycles. The summed E-state index contributed by atoms with van der Waals surface area (Å²) in [4.78, 5) is 11.6. The van der Waals surface area contributed by atoms with Crippen LogP contribution in [0.3, 0.4) is 0 Å². The first-order chi connectivity index (χ1) is 9.60. The van der Waals surface area contributed by atoms with Crippen LogP contribution in [-0.4, -0.2) is 9.67 Å². The van der Waals surface area contributed by atoms with Crippen LogP contribution >= 0.6 is 0 Å². The quantitative estimate of drug-likeness (QED) is 0.883. The number of hydrogen-bond donors (Lipinski definition) is 2. The van der Waals surface area contributed by atoms with Crippen molar-refractivity contribution in [3.8, 4) is 5.75 Å². The van der Waals surface area contributed by atoms with Crippen molar-refractivity contribution in [2.45, 2.75) is 26.4 Å². The third-order valence-corrected chi connectivity index (χ3v) is 2.97. The van der Waals surface area contributed by atoms with Gasteiger partial charge in [-0.15, -0.1) is 0 Å². The maximum atomic E-state index is 13.1. The Morgan fingerprint density at radius 1 is 1.30 bits per heavy atom. The van der Waals surface area contributed by atoms with E-state index in [0.717, 1.165) is 12.1 Å². The van der Waals surface area contributed by atoms with Crippen molar-refractivity contribution < 1.29 is 9.50 Å². The van der Waals surface area contributed by atoms with Gasteiger partial charge in [-0.25, -0.2) is 4.39 Å². The minimum absolute atomic E-state index is 0.0424. The van der Waals surface area contributed by atoms with E-state index in [0.29, 0.717) is 12.1 Å². The normalized spacial score (nSPS) is 10.5. The average molecular weight is 276 g/mol. The molecule has 5 heteroatoms. The lowest BCUT2D eigenvalue weighted by Crippen LogP contribution is -2.18. The second-order valence-corrected chi connectivity index (χ2v) is 4.58. The minimum Gasteiger partial charge on any atom is -0.508 e. The molecule has 0 amide bonds. The van der Waals surface area contributed by atoms with E-state index in [4.69, 9.17) is 0 Å². The van der Waals surface area contributed by atoms with Crippen LogP contribution in [0, 0.1) is 5.82 Å². The maximum absolute atomic E-state index is 13.1. The highest BCUT2D eigenvalue weighted by molar-refractivity contribution is 5.43. The molecule has 0 radical (unpaired) electrons. The third kappa shape index (κ3) is 3.38. The summed E-state index contributed by atoms with van der Waals surface area (Å²) in [7, 11) is 0. The largest absolute Gasteiger partial charge is 0.508 e. The molecule has 0 fully saturated rings. The summed E-state index contributed by atoms with van der Waals surface area (Å²) < 4.78 is 14.7. The number of aryl methyl sites for hydroxylation is 1. The Bertz CT molecular complexity index is 653. The number of phenols is 1. The second kappa shape index (κ2) is 6.23. The van der Waals surface area contributed by atoms with Crippen LogP contribution in [0.25, 0.3) is 0 Å². The average Bonchev–Trinajstić information content (AvgIpc) is 2.43. The van der Waals surface area contributed by atoms with Gasteiger partial charge in [-0.05, 0) is 30.7 Å².